The van der Waals surface area contributed by atoms with Crippen LogP contribution in [0.2, 0.25) is 0 Å². The van der Waals surface area contributed by atoms with E-state index in [0.717, 1.165) is 19.5 Å². The van der Waals surface area contributed by atoms with Gasteiger partial charge in [-0.2, -0.15) is 0 Å². The topological polar surface area (TPSA) is 46.3 Å². The average Bonchev–Trinajstić information content (AvgIpc) is 2.65. The molecule has 0 bridgehead atoms. The van der Waals surface area contributed by atoms with E-state index in [4.69, 9.17) is 5.73 Å². The Kier molecular flexibility index (Phi) is 2.99. The van der Waals surface area contributed by atoms with Crippen molar-refractivity contribution < 1.29 is 4.79 Å². The van der Waals surface area contributed by atoms with Gasteiger partial charge in [-0.1, -0.05) is 20.8 Å². The van der Waals surface area contributed by atoms with Crippen LogP contribution in [0.3, 0.4) is 0 Å². The predicted molar refractivity (Wildman–Crippen MR) is 64.8 cm³/mol. The highest BCUT2D eigenvalue weighted by Crippen LogP contribution is 2.37. The van der Waals surface area contributed by atoms with Crippen LogP contribution in [-0.2, 0) is 4.79 Å². The van der Waals surface area contributed by atoms with Crippen molar-refractivity contribution in [1.29, 1.82) is 0 Å². The Morgan fingerprint density at radius 1 is 1.31 bits per heavy atom. The molecule has 0 aromatic heterocycles. The molecule has 1 saturated heterocycles. The van der Waals surface area contributed by atoms with Crippen LogP contribution in [0.15, 0.2) is 0 Å². The number of nitrogens with two attached hydrogens (primary N) is 1. The second-order valence-corrected chi connectivity index (χ2v) is 6.70. The van der Waals surface area contributed by atoms with Crippen molar-refractivity contribution in [2.45, 2.75) is 46.1 Å². The molecule has 92 valence electrons. The van der Waals surface area contributed by atoms with Gasteiger partial charge in [0.1, 0.15) is 0 Å². The van der Waals surface area contributed by atoms with E-state index in [0.29, 0.717) is 30.2 Å². The first kappa shape index (κ1) is 11.9. The highest BCUT2D eigenvalue weighted by Gasteiger charge is 2.42. The second-order valence-electron chi connectivity index (χ2n) is 6.70. The molecule has 1 saturated carbocycles. The number of carbonyl (C=O) groups is 1. The molecule has 0 aromatic rings. The molecule has 0 aromatic carbocycles. The van der Waals surface area contributed by atoms with Crippen molar-refractivity contribution in [1.82, 2.24) is 4.90 Å². The summed E-state index contributed by atoms with van der Waals surface area (Å²) in [6.45, 7) is 8.21. The van der Waals surface area contributed by atoms with Gasteiger partial charge >= 0.3 is 0 Å². The lowest BCUT2D eigenvalue weighted by molar-refractivity contribution is -0.132. The van der Waals surface area contributed by atoms with E-state index in [1.165, 1.54) is 6.42 Å². The molecule has 1 amide bonds. The van der Waals surface area contributed by atoms with E-state index < -0.39 is 0 Å². The lowest BCUT2D eigenvalue weighted by Crippen LogP contribution is -2.35. The summed E-state index contributed by atoms with van der Waals surface area (Å²) >= 11 is 0. The van der Waals surface area contributed by atoms with Crippen molar-refractivity contribution in [2.24, 2.45) is 23.0 Å². The molecule has 1 aliphatic carbocycles. The van der Waals surface area contributed by atoms with Crippen LogP contribution >= 0.6 is 0 Å². The lowest BCUT2D eigenvalue weighted by Gasteiger charge is -2.24. The first-order valence-electron chi connectivity index (χ1n) is 6.40. The van der Waals surface area contributed by atoms with Crippen molar-refractivity contribution >= 4 is 5.91 Å². The third-order valence-electron chi connectivity index (χ3n) is 3.95. The second kappa shape index (κ2) is 4.02. The zero-order chi connectivity index (χ0) is 11.9. The Morgan fingerprint density at radius 3 is 2.56 bits per heavy atom. The average molecular weight is 224 g/mol. The quantitative estimate of drug-likeness (QED) is 0.735. The summed E-state index contributed by atoms with van der Waals surface area (Å²) in [5, 5.41) is 0. The molecule has 2 N–H and O–H groups in total. The van der Waals surface area contributed by atoms with Gasteiger partial charge in [0.2, 0.25) is 5.91 Å². The van der Waals surface area contributed by atoms with Gasteiger partial charge in [0.05, 0.1) is 0 Å². The van der Waals surface area contributed by atoms with Crippen LogP contribution in [0.5, 0.6) is 0 Å². The minimum absolute atomic E-state index is 0.0941. The third kappa shape index (κ3) is 2.40. The fraction of sp³-hybridized carbons (Fsp3) is 0.923. The van der Waals surface area contributed by atoms with E-state index in [2.05, 4.69) is 20.8 Å². The number of likely N-dealkylation sites (tertiary alicyclic amines) is 1. The fourth-order valence-corrected chi connectivity index (χ4v) is 3.08. The highest BCUT2D eigenvalue weighted by atomic mass is 16.2. The molecule has 2 rings (SSSR count). The number of hydrogen-bond acceptors (Lipinski definition) is 2. The smallest absolute Gasteiger partial charge is 0.223 e. The molecule has 1 heterocycles. The largest absolute Gasteiger partial charge is 0.342 e. The maximum Gasteiger partial charge on any atom is 0.223 e. The summed E-state index contributed by atoms with van der Waals surface area (Å²) in [5.41, 5.74) is 6.17. The summed E-state index contributed by atoms with van der Waals surface area (Å²) in [6.07, 6.45) is 3.02. The third-order valence-corrected chi connectivity index (χ3v) is 3.95. The van der Waals surface area contributed by atoms with E-state index in [1.807, 2.05) is 4.90 Å². The summed E-state index contributed by atoms with van der Waals surface area (Å²) in [7, 11) is 0. The van der Waals surface area contributed by atoms with Crippen LogP contribution in [0.1, 0.15) is 40.0 Å². The first-order chi connectivity index (χ1) is 7.37. The maximum atomic E-state index is 12.1. The standard InChI is InChI=1S/C13H24N2O/c1-13(2,3)6-12(16)15-7-9-4-5-11(14)10(9)8-15/h9-11H,4-8,14H2,1-3H3. The van der Waals surface area contributed by atoms with Crippen LogP contribution in [-0.4, -0.2) is 29.9 Å². The molecule has 3 nitrogen and oxygen atoms in total. The van der Waals surface area contributed by atoms with Gasteiger partial charge in [-0.3, -0.25) is 4.79 Å². The molecule has 3 unspecified atom stereocenters. The molecule has 0 radical (unpaired) electrons. The highest BCUT2D eigenvalue weighted by molar-refractivity contribution is 5.77. The van der Waals surface area contributed by atoms with E-state index in [9.17, 15) is 4.79 Å². The fourth-order valence-electron chi connectivity index (χ4n) is 3.08. The van der Waals surface area contributed by atoms with Crippen molar-refractivity contribution in [3.8, 4) is 0 Å². The van der Waals surface area contributed by atoms with Gasteiger partial charge in [-0.15, -0.1) is 0 Å². The maximum absolute atomic E-state index is 12.1. The molecule has 16 heavy (non-hydrogen) atoms. The van der Waals surface area contributed by atoms with Crippen molar-refractivity contribution in [2.75, 3.05) is 13.1 Å². The Bertz CT molecular complexity index is 282. The van der Waals surface area contributed by atoms with Crippen molar-refractivity contribution in [3.05, 3.63) is 0 Å². The number of nitrogens with zero attached hydrogens (tertiary/aromatic N) is 1. The number of amides is 1. The van der Waals surface area contributed by atoms with Gasteiger partial charge in [0.25, 0.3) is 0 Å². The molecule has 2 aliphatic rings. The minimum atomic E-state index is 0.0941. The van der Waals surface area contributed by atoms with Crippen LogP contribution in [0.4, 0.5) is 0 Å². The zero-order valence-electron chi connectivity index (χ0n) is 10.7. The molecule has 0 spiro atoms. The number of hydrogen-bond donors (Lipinski definition) is 1. The zero-order valence-corrected chi connectivity index (χ0v) is 10.7. The number of rotatable bonds is 1. The molecule has 1 aliphatic heterocycles. The summed E-state index contributed by atoms with van der Waals surface area (Å²) in [6, 6.07) is 0.331. The summed E-state index contributed by atoms with van der Waals surface area (Å²) < 4.78 is 0. The van der Waals surface area contributed by atoms with Gasteiger partial charge in [0, 0.05) is 25.6 Å². The molecular formula is C13H24N2O. The van der Waals surface area contributed by atoms with Gasteiger partial charge in [-0.25, -0.2) is 0 Å². The Morgan fingerprint density at radius 2 is 2.00 bits per heavy atom. The Labute approximate surface area is 98.4 Å². The molecule has 2 fully saturated rings. The molecular weight excluding hydrogens is 200 g/mol. The van der Waals surface area contributed by atoms with E-state index in [1.54, 1.807) is 0 Å². The predicted octanol–water partition coefficient (Wildman–Crippen LogP) is 1.62. The molecule has 3 heteroatoms. The van der Waals surface area contributed by atoms with E-state index >= 15 is 0 Å². The Hall–Kier alpha value is -0.570. The van der Waals surface area contributed by atoms with E-state index in [-0.39, 0.29) is 5.41 Å². The van der Waals surface area contributed by atoms with Crippen molar-refractivity contribution in [3.63, 3.8) is 0 Å². The summed E-state index contributed by atoms with van der Waals surface area (Å²) in [5.74, 6) is 1.57. The first-order valence-corrected chi connectivity index (χ1v) is 6.40. The monoisotopic (exact) mass is 224 g/mol. The SMILES string of the molecule is CC(C)(C)CC(=O)N1CC2CCC(N)C2C1. The van der Waals surface area contributed by atoms with Crippen LogP contribution < -0.4 is 5.73 Å². The molecule has 3 atom stereocenters. The minimum Gasteiger partial charge on any atom is -0.342 e. The summed E-state index contributed by atoms with van der Waals surface area (Å²) in [4.78, 5) is 14.1. The van der Waals surface area contributed by atoms with Crippen LogP contribution in [0.25, 0.3) is 0 Å². The number of fused-ring (bicyclic) bond motifs is 1. The number of carbonyl (C=O) groups excluding carboxylic acids is 1. The van der Waals surface area contributed by atoms with Gasteiger partial charge in [-0.05, 0) is 30.1 Å². The van der Waals surface area contributed by atoms with Crippen LogP contribution in [0, 0.1) is 17.3 Å². The van der Waals surface area contributed by atoms with Gasteiger partial charge in [0.15, 0.2) is 0 Å². The Balaban J connectivity index is 1.92. The van der Waals surface area contributed by atoms with Gasteiger partial charge < -0.3 is 10.6 Å². The lowest BCUT2D eigenvalue weighted by atomic mass is 9.91. The normalized spacial score (nSPS) is 34.2.